The summed E-state index contributed by atoms with van der Waals surface area (Å²) in [4.78, 5) is 2.32. The van der Waals surface area contributed by atoms with Gasteiger partial charge in [-0.2, -0.15) is 0 Å². The summed E-state index contributed by atoms with van der Waals surface area (Å²) in [6, 6.07) is 69.8. The Morgan fingerprint density at radius 2 is 0.833 bits per heavy atom. The van der Waals surface area contributed by atoms with E-state index in [4.69, 9.17) is 0 Å². The number of hydrogen-bond donors (Lipinski definition) is 0. The molecule has 0 fully saturated rings. The van der Waals surface area contributed by atoms with Gasteiger partial charge in [0, 0.05) is 33.5 Å². The topological polar surface area (TPSA) is 8.17 Å². The first-order valence-corrected chi connectivity index (χ1v) is 16.4. The molecule has 0 saturated carbocycles. The summed E-state index contributed by atoms with van der Waals surface area (Å²) in [6.07, 6.45) is 0. The second kappa shape index (κ2) is 11.8. The molecule has 1 heterocycles. The molecule has 0 aliphatic rings. The van der Waals surface area contributed by atoms with E-state index in [0.29, 0.717) is 0 Å². The molecule has 0 aliphatic heterocycles. The van der Waals surface area contributed by atoms with E-state index in [1.807, 2.05) is 0 Å². The van der Waals surface area contributed by atoms with Crippen LogP contribution in [0, 0.1) is 0 Å². The summed E-state index contributed by atoms with van der Waals surface area (Å²) in [7, 11) is 0. The average molecular weight is 613 g/mol. The van der Waals surface area contributed by atoms with Crippen molar-refractivity contribution in [2.75, 3.05) is 4.90 Å². The molecule has 48 heavy (non-hydrogen) atoms. The van der Waals surface area contributed by atoms with Crippen molar-refractivity contribution >= 4 is 49.6 Å². The van der Waals surface area contributed by atoms with Crippen LogP contribution in [0.5, 0.6) is 0 Å². The van der Waals surface area contributed by atoms with Crippen molar-refractivity contribution in [1.82, 2.24) is 4.57 Å². The van der Waals surface area contributed by atoms with E-state index >= 15 is 0 Å². The van der Waals surface area contributed by atoms with E-state index in [9.17, 15) is 0 Å². The predicted octanol–water partition coefficient (Wildman–Crippen LogP) is 12.7. The van der Waals surface area contributed by atoms with Gasteiger partial charge in [0.1, 0.15) is 0 Å². The predicted molar refractivity (Wildman–Crippen MR) is 204 cm³/mol. The highest BCUT2D eigenvalue weighted by molar-refractivity contribution is 6.14. The highest BCUT2D eigenvalue weighted by Gasteiger charge is 2.15. The van der Waals surface area contributed by atoms with Crippen molar-refractivity contribution in [2.45, 2.75) is 0 Å². The van der Waals surface area contributed by atoms with Gasteiger partial charge >= 0.3 is 0 Å². The normalized spacial score (nSPS) is 11.3. The van der Waals surface area contributed by atoms with E-state index in [1.54, 1.807) is 0 Å². The van der Waals surface area contributed by atoms with Crippen LogP contribution in [0.3, 0.4) is 0 Å². The Morgan fingerprint density at radius 1 is 0.312 bits per heavy atom. The minimum atomic E-state index is 1.12. The van der Waals surface area contributed by atoms with E-state index in [2.05, 4.69) is 204 Å². The number of aromatic nitrogens is 1. The van der Waals surface area contributed by atoms with Gasteiger partial charge in [-0.3, -0.25) is 0 Å². The molecule has 0 N–H and O–H groups in total. The molecule has 9 rings (SSSR count). The molecule has 2 nitrogen and oxygen atoms in total. The minimum Gasteiger partial charge on any atom is -0.311 e. The number of para-hydroxylation sites is 3. The van der Waals surface area contributed by atoms with E-state index in [0.717, 1.165) is 17.1 Å². The fourth-order valence-electron chi connectivity index (χ4n) is 7.01. The minimum absolute atomic E-state index is 1.12. The van der Waals surface area contributed by atoms with Crippen molar-refractivity contribution in [1.29, 1.82) is 0 Å². The van der Waals surface area contributed by atoms with Crippen LogP contribution in [0.25, 0.3) is 60.5 Å². The Morgan fingerprint density at radius 3 is 1.52 bits per heavy atom. The lowest BCUT2D eigenvalue weighted by Crippen LogP contribution is -2.09. The second-order valence-electron chi connectivity index (χ2n) is 12.3. The van der Waals surface area contributed by atoms with E-state index in [-0.39, 0.29) is 0 Å². The van der Waals surface area contributed by atoms with Gasteiger partial charge in [-0.05, 0) is 106 Å². The molecule has 0 saturated heterocycles. The third kappa shape index (κ3) is 4.92. The van der Waals surface area contributed by atoms with Gasteiger partial charge in [0.25, 0.3) is 0 Å². The van der Waals surface area contributed by atoms with Crippen LogP contribution < -0.4 is 4.90 Å². The number of hydrogen-bond acceptors (Lipinski definition) is 1. The molecule has 8 aromatic carbocycles. The van der Waals surface area contributed by atoms with E-state index in [1.165, 1.54) is 60.5 Å². The fraction of sp³-hybridized carbons (Fsp3) is 0. The molecule has 0 bridgehead atoms. The Kier molecular flexibility index (Phi) is 6.84. The first-order valence-electron chi connectivity index (χ1n) is 16.4. The molecule has 0 unspecified atom stereocenters. The smallest absolute Gasteiger partial charge is 0.0547 e. The van der Waals surface area contributed by atoms with Crippen LogP contribution in [0.2, 0.25) is 0 Å². The highest BCUT2D eigenvalue weighted by atomic mass is 15.1. The van der Waals surface area contributed by atoms with Crippen molar-refractivity contribution in [3.63, 3.8) is 0 Å². The van der Waals surface area contributed by atoms with Crippen LogP contribution in [0.15, 0.2) is 194 Å². The quantitative estimate of drug-likeness (QED) is 0.181. The summed E-state index contributed by atoms with van der Waals surface area (Å²) in [5.74, 6) is 0. The molecular formula is C46H32N2. The number of benzene rings is 8. The Balaban J connectivity index is 1.09. The highest BCUT2D eigenvalue weighted by Crippen LogP contribution is 2.38. The van der Waals surface area contributed by atoms with E-state index < -0.39 is 0 Å². The maximum absolute atomic E-state index is 2.38. The lowest BCUT2D eigenvalue weighted by Gasteiger charge is -2.26. The van der Waals surface area contributed by atoms with Crippen LogP contribution in [-0.4, -0.2) is 4.57 Å². The first kappa shape index (κ1) is 27.9. The van der Waals surface area contributed by atoms with Gasteiger partial charge in [0.05, 0.1) is 11.0 Å². The Labute approximate surface area is 280 Å². The molecule has 1 aromatic heterocycles. The lowest BCUT2D eigenvalue weighted by atomic mass is 9.99. The molecular weight excluding hydrogens is 581 g/mol. The Bertz CT molecular complexity index is 2510. The third-order valence-corrected chi connectivity index (χ3v) is 9.35. The standard InChI is InChI=1S/C46H32N2/c1-4-12-33(13-5-1)34-22-26-41(27-23-34)47(39-14-6-2-7-15-39)42-28-24-35(25-29-42)36-20-21-37-32-46-44(31-38(37)30-36)43-18-10-11-19-45(43)48(46)40-16-8-3-9-17-40/h1-32H. The summed E-state index contributed by atoms with van der Waals surface area (Å²) >= 11 is 0. The monoisotopic (exact) mass is 612 g/mol. The van der Waals surface area contributed by atoms with Crippen molar-refractivity contribution in [3.8, 4) is 27.9 Å². The maximum Gasteiger partial charge on any atom is 0.0547 e. The van der Waals surface area contributed by atoms with Crippen LogP contribution in [-0.2, 0) is 0 Å². The fourth-order valence-corrected chi connectivity index (χ4v) is 7.01. The zero-order valence-corrected chi connectivity index (χ0v) is 26.4. The molecule has 0 aliphatic carbocycles. The summed E-state index contributed by atoms with van der Waals surface area (Å²) in [6.45, 7) is 0. The lowest BCUT2D eigenvalue weighted by molar-refractivity contribution is 1.18. The number of fused-ring (bicyclic) bond motifs is 4. The molecule has 9 aromatic rings. The molecule has 2 heteroatoms. The van der Waals surface area contributed by atoms with Gasteiger partial charge in [0.2, 0.25) is 0 Å². The summed E-state index contributed by atoms with van der Waals surface area (Å²) in [5.41, 5.74) is 11.8. The summed E-state index contributed by atoms with van der Waals surface area (Å²) < 4.78 is 2.38. The molecule has 0 radical (unpaired) electrons. The zero-order valence-electron chi connectivity index (χ0n) is 26.4. The molecule has 0 amide bonds. The van der Waals surface area contributed by atoms with Crippen LogP contribution in [0.4, 0.5) is 17.1 Å². The Hall–Kier alpha value is -6.38. The van der Waals surface area contributed by atoms with Gasteiger partial charge in [-0.15, -0.1) is 0 Å². The zero-order chi connectivity index (χ0) is 31.9. The largest absolute Gasteiger partial charge is 0.311 e. The SMILES string of the molecule is c1ccc(-c2ccc(N(c3ccccc3)c3ccc(-c4ccc5cc6c(cc5c4)c4ccccc4n6-c4ccccc4)cc3)cc2)cc1. The number of rotatable bonds is 6. The van der Waals surface area contributed by atoms with Crippen molar-refractivity contribution in [3.05, 3.63) is 194 Å². The molecule has 0 atom stereocenters. The third-order valence-electron chi connectivity index (χ3n) is 9.35. The molecule has 0 spiro atoms. The average Bonchev–Trinajstić information content (AvgIpc) is 3.48. The first-order chi connectivity index (χ1) is 23.8. The maximum atomic E-state index is 2.38. The molecule has 226 valence electrons. The van der Waals surface area contributed by atoms with Crippen LogP contribution >= 0.6 is 0 Å². The van der Waals surface area contributed by atoms with Gasteiger partial charge in [-0.25, -0.2) is 0 Å². The number of anilines is 3. The van der Waals surface area contributed by atoms with Crippen molar-refractivity contribution in [2.24, 2.45) is 0 Å². The summed E-state index contributed by atoms with van der Waals surface area (Å²) in [5, 5.41) is 5.01. The van der Waals surface area contributed by atoms with Gasteiger partial charge in [0.15, 0.2) is 0 Å². The van der Waals surface area contributed by atoms with Crippen LogP contribution in [0.1, 0.15) is 0 Å². The van der Waals surface area contributed by atoms with Gasteiger partial charge in [-0.1, -0.05) is 121 Å². The number of nitrogens with zero attached hydrogens (tertiary/aromatic N) is 2. The van der Waals surface area contributed by atoms with Crippen molar-refractivity contribution < 1.29 is 0 Å². The van der Waals surface area contributed by atoms with Gasteiger partial charge < -0.3 is 9.47 Å². The second-order valence-corrected chi connectivity index (χ2v) is 12.3.